The van der Waals surface area contributed by atoms with E-state index < -0.39 is 13.7 Å². The van der Waals surface area contributed by atoms with E-state index in [1.54, 1.807) is 0 Å². The van der Waals surface area contributed by atoms with Crippen LogP contribution in [0.2, 0.25) is 30.7 Å². The van der Waals surface area contributed by atoms with Crippen molar-refractivity contribution in [1.82, 2.24) is 29.2 Å². The van der Waals surface area contributed by atoms with Crippen LogP contribution in [0.25, 0.3) is 22.4 Å². The molecule has 5 saturated heterocycles. The van der Waals surface area contributed by atoms with E-state index in [4.69, 9.17) is 59.5 Å². The molecule has 5 fully saturated rings. The minimum Gasteiger partial charge on any atom is -0.492 e. The molecule has 0 saturated carbocycles. The first-order valence-electron chi connectivity index (χ1n) is 23.2. The number of halogens is 1. The highest BCUT2D eigenvalue weighted by Gasteiger charge is 2.51. The first-order valence-corrected chi connectivity index (χ1v) is 27.3. The van der Waals surface area contributed by atoms with Crippen molar-refractivity contribution in [1.29, 1.82) is 0 Å². The number of piperidine rings is 1. The Kier molecular flexibility index (Phi) is 15.2. The molecule has 0 radical (unpaired) electrons. The Labute approximate surface area is 378 Å². The van der Waals surface area contributed by atoms with Crippen LogP contribution < -0.4 is 9.47 Å². The van der Waals surface area contributed by atoms with Gasteiger partial charge in [-0.1, -0.05) is 31.2 Å². The quantitative estimate of drug-likeness (QED) is 0.107. The Morgan fingerprint density at radius 2 is 1.59 bits per heavy atom. The molecule has 8 rings (SSSR count). The zero-order chi connectivity index (χ0) is 44.1. The van der Waals surface area contributed by atoms with Gasteiger partial charge in [-0.3, -0.25) is 9.47 Å². The van der Waals surface area contributed by atoms with Gasteiger partial charge in [-0.15, -0.1) is 0 Å². The third-order valence-corrected chi connectivity index (χ3v) is 14.6. The fraction of sp³-hybridized carbons (Fsp3) is 0.717. The molecule has 5 atom stereocenters. The fourth-order valence-electron chi connectivity index (χ4n) is 8.94. The first kappa shape index (κ1) is 46.5. The van der Waals surface area contributed by atoms with Crippen LogP contribution in [-0.2, 0) is 35.2 Å². The molecule has 0 N–H and O–H groups in total. The van der Waals surface area contributed by atoms with Crippen molar-refractivity contribution >= 4 is 36.9 Å². The molecule has 7 heterocycles. The van der Waals surface area contributed by atoms with E-state index in [9.17, 15) is 4.79 Å². The lowest BCUT2D eigenvalue weighted by molar-refractivity contribution is -0.202. The number of nitrogens with zero attached hydrogens (tertiary/aromatic N) is 6. The van der Waals surface area contributed by atoms with Gasteiger partial charge in [0, 0.05) is 79.2 Å². The van der Waals surface area contributed by atoms with Gasteiger partial charge in [0.25, 0.3) is 0 Å². The SMILES string of the molecule is CC(C)(C)OC(=O)N1CCC(CN2CCN(CCOc3ccc(-c4nc5nc(O[C@@H]6CO[C@H]7[C@@H]6OC[C@H]7OC6CCCCO6)n(COCC[Si](C)(C)C)c5cc4Cl)cc3)CC2)CC1. The lowest BCUT2D eigenvalue weighted by atomic mass is 9.96. The van der Waals surface area contributed by atoms with Gasteiger partial charge >= 0.3 is 12.1 Å². The monoisotopic (exact) mass is 912 g/mol. The van der Waals surface area contributed by atoms with Gasteiger partial charge in [-0.05, 0) is 95.2 Å². The molecule has 0 spiro atoms. The zero-order valence-electron chi connectivity index (χ0n) is 38.2. The van der Waals surface area contributed by atoms with Crippen LogP contribution in [0.15, 0.2) is 30.3 Å². The molecule has 17 heteroatoms. The van der Waals surface area contributed by atoms with Crippen LogP contribution in [0, 0.1) is 5.92 Å². The molecule has 0 bridgehead atoms. The summed E-state index contributed by atoms with van der Waals surface area (Å²) in [5.74, 6) is 1.42. The molecule has 2 aromatic heterocycles. The van der Waals surface area contributed by atoms with Crippen molar-refractivity contribution in [3.05, 3.63) is 35.4 Å². The summed E-state index contributed by atoms with van der Waals surface area (Å²) in [4.78, 5) is 29.2. The molecule has 0 aliphatic carbocycles. The van der Waals surface area contributed by atoms with Crippen LogP contribution in [-0.4, -0.2) is 165 Å². The Morgan fingerprint density at radius 1 is 0.873 bits per heavy atom. The Morgan fingerprint density at radius 3 is 2.29 bits per heavy atom. The minimum absolute atomic E-state index is 0.190. The molecule has 5 aliphatic rings. The lowest BCUT2D eigenvalue weighted by Gasteiger charge is -2.39. The van der Waals surface area contributed by atoms with Crippen LogP contribution >= 0.6 is 11.6 Å². The Balaban J connectivity index is 0.836. The number of pyridine rings is 1. The smallest absolute Gasteiger partial charge is 0.410 e. The van der Waals surface area contributed by atoms with Crippen molar-refractivity contribution in [3.8, 4) is 23.0 Å². The van der Waals surface area contributed by atoms with E-state index in [0.717, 1.165) is 114 Å². The highest BCUT2D eigenvalue weighted by atomic mass is 35.5. The van der Waals surface area contributed by atoms with Crippen LogP contribution in [0.5, 0.6) is 11.8 Å². The van der Waals surface area contributed by atoms with Gasteiger partial charge in [0.05, 0.1) is 29.4 Å². The summed E-state index contributed by atoms with van der Waals surface area (Å²) in [7, 11) is -1.30. The van der Waals surface area contributed by atoms with Crippen molar-refractivity contribution < 1.29 is 42.7 Å². The first-order chi connectivity index (χ1) is 30.2. The van der Waals surface area contributed by atoms with E-state index in [0.29, 0.717) is 54.7 Å². The molecule has 1 unspecified atom stereocenters. The number of fused-ring (bicyclic) bond motifs is 2. The Bertz CT molecular complexity index is 1960. The maximum atomic E-state index is 12.5. The number of benzene rings is 1. The summed E-state index contributed by atoms with van der Waals surface area (Å²) in [6, 6.07) is 11.2. The molecule has 5 aliphatic heterocycles. The maximum Gasteiger partial charge on any atom is 0.410 e. The summed E-state index contributed by atoms with van der Waals surface area (Å²) in [5.41, 5.74) is 2.28. The van der Waals surface area contributed by atoms with Crippen molar-refractivity contribution in [2.45, 2.75) is 122 Å². The number of rotatable bonds is 16. The number of carbonyl (C=O) groups is 1. The number of hydrogen-bond acceptors (Lipinski definition) is 13. The minimum atomic E-state index is -1.30. The number of ether oxygens (including phenoxy) is 8. The highest BCUT2D eigenvalue weighted by molar-refractivity contribution is 6.76. The summed E-state index contributed by atoms with van der Waals surface area (Å²) in [6.07, 6.45) is 3.56. The number of imidazole rings is 1. The summed E-state index contributed by atoms with van der Waals surface area (Å²) >= 11 is 6.99. The second kappa shape index (κ2) is 20.6. The van der Waals surface area contributed by atoms with Crippen LogP contribution in [0.1, 0.15) is 52.9 Å². The number of amides is 1. The predicted molar refractivity (Wildman–Crippen MR) is 243 cm³/mol. The molecule has 3 aromatic rings. The number of hydrogen-bond donors (Lipinski definition) is 0. The molecular formula is C46H69ClN6O9Si. The standard InChI is InChI=1S/C46H69ClN6O9Si/c1-46(2,3)62-45(54)52-16-14-32(15-17-52)28-51-20-18-50(19-21-51)22-24-56-34-12-10-33(11-13-34)40-35(47)27-36-43(48-40)49-44(53(36)31-55-25-26-63(4,5)6)61-38-30-59-41-37(29-58-42(38)41)60-39-9-7-8-23-57-39/h10-13,27,32,37-39,41-42H,7-9,14-26,28-31H2,1-6H3/t37-,38-,39?,41-,42-/m1/s1. The molecule has 15 nitrogen and oxygen atoms in total. The largest absolute Gasteiger partial charge is 0.492 e. The fourth-order valence-corrected chi connectivity index (χ4v) is 9.95. The molecule has 348 valence electrons. The van der Waals surface area contributed by atoms with E-state index in [1.165, 1.54) is 0 Å². The normalized spacial score (nSPS) is 25.4. The zero-order valence-corrected chi connectivity index (χ0v) is 40.0. The maximum absolute atomic E-state index is 12.5. The summed E-state index contributed by atoms with van der Waals surface area (Å²) in [6.45, 7) is 23.4. The van der Waals surface area contributed by atoms with Gasteiger partial charge in [0.1, 0.15) is 43.0 Å². The summed E-state index contributed by atoms with van der Waals surface area (Å²) < 4.78 is 51.0. The van der Waals surface area contributed by atoms with E-state index in [2.05, 4.69) is 29.4 Å². The third kappa shape index (κ3) is 12.4. The number of piperazine rings is 1. The van der Waals surface area contributed by atoms with Gasteiger partial charge in [0.15, 0.2) is 18.0 Å². The molecular weight excluding hydrogens is 844 g/mol. The van der Waals surface area contributed by atoms with E-state index in [1.807, 2.05) is 60.6 Å². The highest BCUT2D eigenvalue weighted by Crippen LogP contribution is 2.36. The van der Waals surface area contributed by atoms with Crippen molar-refractivity contribution in [3.63, 3.8) is 0 Å². The van der Waals surface area contributed by atoms with Gasteiger partial charge in [-0.25, -0.2) is 9.78 Å². The average molecular weight is 914 g/mol. The second-order valence-electron chi connectivity index (χ2n) is 20.0. The van der Waals surface area contributed by atoms with E-state index >= 15 is 0 Å². The number of carbonyl (C=O) groups excluding carboxylic acids is 1. The topological polar surface area (TPSA) is 131 Å². The summed E-state index contributed by atoms with van der Waals surface area (Å²) in [5, 5.41) is 0.504. The second-order valence-corrected chi connectivity index (χ2v) is 26.0. The van der Waals surface area contributed by atoms with Crippen molar-refractivity contribution in [2.24, 2.45) is 5.92 Å². The van der Waals surface area contributed by atoms with Crippen molar-refractivity contribution in [2.75, 3.05) is 85.4 Å². The van der Waals surface area contributed by atoms with Crippen LogP contribution in [0.4, 0.5) is 4.79 Å². The lowest BCUT2D eigenvalue weighted by Crippen LogP contribution is -2.50. The third-order valence-electron chi connectivity index (χ3n) is 12.6. The van der Waals surface area contributed by atoms with Gasteiger partial charge < -0.3 is 47.7 Å². The van der Waals surface area contributed by atoms with E-state index in [-0.39, 0.29) is 43.5 Å². The number of likely N-dealkylation sites (tertiary alicyclic amines) is 1. The average Bonchev–Trinajstić information content (AvgIpc) is 3.94. The van der Waals surface area contributed by atoms with Gasteiger partial charge in [-0.2, -0.15) is 4.98 Å². The number of aromatic nitrogens is 3. The van der Waals surface area contributed by atoms with Gasteiger partial charge in [0.2, 0.25) is 0 Å². The molecule has 1 amide bonds. The Hall–Kier alpha value is -3.06. The predicted octanol–water partition coefficient (Wildman–Crippen LogP) is 7.16. The molecule has 63 heavy (non-hydrogen) atoms. The molecule has 1 aromatic carbocycles. The van der Waals surface area contributed by atoms with Crippen LogP contribution in [0.3, 0.4) is 0 Å².